The van der Waals surface area contributed by atoms with Gasteiger partial charge < -0.3 is 0 Å². The van der Waals surface area contributed by atoms with E-state index in [-0.39, 0.29) is 0 Å². The highest BCUT2D eigenvalue weighted by Gasteiger charge is 2.13. The van der Waals surface area contributed by atoms with Crippen molar-refractivity contribution >= 4 is 74.4 Å². The first-order valence-corrected chi connectivity index (χ1v) is 16.9. The number of rotatable bonds is 4. The smallest absolute Gasteiger partial charge is 0.0362 e. The molecule has 0 bridgehead atoms. The minimum atomic E-state index is 1.25. The molecule has 0 aliphatic carbocycles. The van der Waals surface area contributed by atoms with Gasteiger partial charge in [-0.2, -0.15) is 0 Å². The van der Waals surface area contributed by atoms with E-state index < -0.39 is 0 Å². The van der Waals surface area contributed by atoms with E-state index in [1.54, 1.807) is 0 Å². The molecule has 0 saturated heterocycles. The van der Waals surface area contributed by atoms with Gasteiger partial charge in [0.15, 0.2) is 0 Å². The molecule has 0 unspecified atom stereocenters. The fourth-order valence-corrected chi connectivity index (χ4v) is 9.38. The van der Waals surface area contributed by atoms with Crippen LogP contribution in [0.1, 0.15) is 0 Å². The second-order valence-corrected chi connectivity index (χ2v) is 14.2. The highest BCUT2D eigenvalue weighted by Crippen LogP contribution is 2.44. The van der Waals surface area contributed by atoms with Crippen molar-refractivity contribution in [2.45, 2.75) is 0 Å². The van der Waals surface area contributed by atoms with Crippen LogP contribution in [0.4, 0.5) is 0 Å². The Labute approximate surface area is 261 Å². The first-order valence-electron chi connectivity index (χ1n) is 14.4. The summed E-state index contributed by atoms with van der Waals surface area (Å²) < 4.78 is 5.42. The maximum atomic E-state index is 2.42. The summed E-state index contributed by atoms with van der Waals surface area (Å²) in [5.74, 6) is 0. The SMILES string of the molecule is c1ccc(-c2ccc(-c3cc4cc5sc6cc7cc(-c8ccc(-c9ccccc9)cc8)sc7cc6c5cc4s3)cc2)cc1. The molecule has 202 valence electrons. The van der Waals surface area contributed by atoms with E-state index in [9.17, 15) is 0 Å². The van der Waals surface area contributed by atoms with Crippen LogP contribution < -0.4 is 0 Å². The zero-order valence-corrected chi connectivity index (χ0v) is 25.5. The van der Waals surface area contributed by atoms with Gasteiger partial charge in [-0.05, 0) is 80.6 Å². The number of thiophene rings is 3. The van der Waals surface area contributed by atoms with Crippen LogP contribution in [0.2, 0.25) is 0 Å². The molecule has 3 aromatic heterocycles. The van der Waals surface area contributed by atoms with Crippen LogP contribution in [0.15, 0.2) is 146 Å². The van der Waals surface area contributed by atoms with Gasteiger partial charge in [0.2, 0.25) is 0 Å². The standard InChI is InChI=1S/C40H24S3/c1-3-7-25(8-4-1)27-11-15-29(16-12-27)35-19-31-21-39-33(23-37(31)41-35)34-24-38-32(22-40(34)43-39)20-36(42-38)30-17-13-28(14-18-30)26-9-5-2-6-10-26/h1-24H. The molecule has 0 aliphatic heterocycles. The molecule has 0 amide bonds. The Hall–Kier alpha value is -4.54. The Balaban J connectivity index is 1.07. The Bertz CT molecular complexity index is 2230. The molecule has 0 N–H and O–H groups in total. The number of benzene rings is 6. The van der Waals surface area contributed by atoms with Crippen LogP contribution in [-0.2, 0) is 0 Å². The van der Waals surface area contributed by atoms with Gasteiger partial charge in [0.05, 0.1) is 0 Å². The van der Waals surface area contributed by atoms with Gasteiger partial charge in [0.1, 0.15) is 0 Å². The zero-order chi connectivity index (χ0) is 28.3. The summed E-state index contributed by atoms with van der Waals surface area (Å²) in [6, 6.07) is 53.5. The minimum absolute atomic E-state index is 1.25. The lowest BCUT2D eigenvalue weighted by atomic mass is 10.0. The molecule has 3 heteroatoms. The molecule has 0 nitrogen and oxygen atoms in total. The molecule has 43 heavy (non-hydrogen) atoms. The van der Waals surface area contributed by atoms with Crippen LogP contribution in [0.3, 0.4) is 0 Å². The molecule has 9 rings (SSSR count). The molecule has 0 spiro atoms. The van der Waals surface area contributed by atoms with Crippen molar-refractivity contribution in [3.63, 3.8) is 0 Å². The topological polar surface area (TPSA) is 0 Å². The average Bonchev–Trinajstić information content (AvgIpc) is 3.78. The maximum Gasteiger partial charge on any atom is 0.0362 e. The van der Waals surface area contributed by atoms with Crippen molar-refractivity contribution in [1.29, 1.82) is 0 Å². The first-order chi connectivity index (χ1) is 21.2. The van der Waals surface area contributed by atoms with E-state index in [0.717, 1.165) is 0 Å². The number of fused-ring (bicyclic) bond motifs is 5. The molecule has 6 aromatic carbocycles. The molecule has 0 aliphatic rings. The van der Waals surface area contributed by atoms with Gasteiger partial charge in [-0.3, -0.25) is 0 Å². The fraction of sp³-hybridized carbons (Fsp3) is 0. The molecule has 0 saturated carbocycles. The molecule has 9 aromatic rings. The summed E-state index contributed by atoms with van der Waals surface area (Å²) in [6.07, 6.45) is 0. The predicted octanol–water partition coefficient (Wildman–Crippen LogP) is 13.2. The van der Waals surface area contributed by atoms with Crippen molar-refractivity contribution in [3.05, 3.63) is 146 Å². The number of hydrogen-bond donors (Lipinski definition) is 0. The third-order valence-corrected chi connectivity index (χ3v) is 11.7. The Morgan fingerprint density at radius 3 is 1.07 bits per heavy atom. The lowest BCUT2D eigenvalue weighted by molar-refractivity contribution is 1.62. The van der Waals surface area contributed by atoms with E-state index in [0.29, 0.717) is 0 Å². The largest absolute Gasteiger partial charge is 0.135 e. The van der Waals surface area contributed by atoms with E-state index in [1.807, 2.05) is 34.0 Å². The average molecular weight is 601 g/mol. The van der Waals surface area contributed by atoms with Gasteiger partial charge in [-0.25, -0.2) is 0 Å². The Morgan fingerprint density at radius 2 is 0.651 bits per heavy atom. The van der Waals surface area contributed by atoms with E-state index >= 15 is 0 Å². The molecule has 0 radical (unpaired) electrons. The van der Waals surface area contributed by atoms with Crippen LogP contribution in [-0.4, -0.2) is 0 Å². The van der Waals surface area contributed by atoms with Crippen molar-refractivity contribution in [2.24, 2.45) is 0 Å². The van der Waals surface area contributed by atoms with Crippen molar-refractivity contribution in [1.82, 2.24) is 0 Å². The van der Waals surface area contributed by atoms with Crippen LogP contribution >= 0.6 is 34.0 Å². The summed E-state index contributed by atoms with van der Waals surface area (Å²) in [4.78, 5) is 2.64. The van der Waals surface area contributed by atoms with Gasteiger partial charge in [0.25, 0.3) is 0 Å². The summed E-state index contributed by atoms with van der Waals surface area (Å²) in [5, 5.41) is 5.39. The fourth-order valence-electron chi connectivity index (χ4n) is 6.04. The van der Waals surface area contributed by atoms with E-state index in [4.69, 9.17) is 0 Å². The quantitative estimate of drug-likeness (QED) is 0.188. The zero-order valence-electron chi connectivity index (χ0n) is 23.1. The molecule has 0 fully saturated rings. The molecular formula is C40H24S3. The lowest BCUT2D eigenvalue weighted by Gasteiger charge is -2.03. The summed E-state index contributed by atoms with van der Waals surface area (Å²) >= 11 is 5.69. The third kappa shape index (κ3) is 4.40. The number of hydrogen-bond acceptors (Lipinski definition) is 3. The minimum Gasteiger partial charge on any atom is -0.135 e. The van der Waals surface area contributed by atoms with Crippen LogP contribution in [0.5, 0.6) is 0 Å². The Morgan fingerprint density at radius 1 is 0.279 bits per heavy atom. The molecule has 3 heterocycles. The normalized spacial score (nSPS) is 11.7. The van der Waals surface area contributed by atoms with Crippen LogP contribution in [0.25, 0.3) is 83.5 Å². The second-order valence-electron chi connectivity index (χ2n) is 11.0. The van der Waals surface area contributed by atoms with Gasteiger partial charge in [-0.15, -0.1) is 34.0 Å². The molecular weight excluding hydrogens is 577 g/mol. The van der Waals surface area contributed by atoms with Crippen molar-refractivity contribution in [3.8, 4) is 43.1 Å². The third-order valence-electron chi connectivity index (χ3n) is 8.30. The Kier molecular flexibility index (Phi) is 5.83. The summed E-state index contributed by atoms with van der Waals surface area (Å²) in [7, 11) is 0. The van der Waals surface area contributed by atoms with Crippen molar-refractivity contribution < 1.29 is 0 Å². The monoisotopic (exact) mass is 600 g/mol. The summed E-state index contributed by atoms with van der Waals surface area (Å²) in [6.45, 7) is 0. The first kappa shape index (κ1) is 25.0. The van der Waals surface area contributed by atoms with E-state index in [2.05, 4.69) is 146 Å². The highest BCUT2D eigenvalue weighted by atomic mass is 32.1. The lowest BCUT2D eigenvalue weighted by Crippen LogP contribution is -1.77. The molecule has 0 atom stereocenters. The van der Waals surface area contributed by atoms with Crippen molar-refractivity contribution in [2.75, 3.05) is 0 Å². The van der Waals surface area contributed by atoms with Gasteiger partial charge in [0, 0.05) is 39.3 Å². The predicted molar refractivity (Wildman–Crippen MR) is 192 cm³/mol. The highest BCUT2D eigenvalue weighted by molar-refractivity contribution is 7.27. The van der Waals surface area contributed by atoms with Gasteiger partial charge in [-0.1, -0.05) is 109 Å². The van der Waals surface area contributed by atoms with Gasteiger partial charge >= 0.3 is 0 Å². The second kappa shape index (κ2) is 10.0. The van der Waals surface area contributed by atoms with Crippen LogP contribution in [0, 0.1) is 0 Å². The summed E-state index contributed by atoms with van der Waals surface area (Å²) in [5.41, 5.74) is 7.57. The maximum absolute atomic E-state index is 2.42. The van der Waals surface area contributed by atoms with E-state index in [1.165, 1.54) is 83.5 Å².